The van der Waals surface area contributed by atoms with Gasteiger partial charge in [0.15, 0.2) is 5.79 Å². The van der Waals surface area contributed by atoms with Crippen LogP contribution < -0.4 is 0 Å². The van der Waals surface area contributed by atoms with Crippen LogP contribution in [0.5, 0.6) is 0 Å². The Bertz CT molecular complexity index is 533. The molecule has 2 heterocycles. The summed E-state index contributed by atoms with van der Waals surface area (Å²) in [7, 11) is 0. The zero-order valence-electron chi connectivity index (χ0n) is 11.3. The number of hydrogen-bond donors (Lipinski definition) is 0. The van der Waals surface area contributed by atoms with Gasteiger partial charge in [-0.15, -0.1) is 0 Å². The highest BCUT2D eigenvalue weighted by atomic mass is 16.7. The zero-order chi connectivity index (χ0) is 12.9. The summed E-state index contributed by atoms with van der Waals surface area (Å²) in [6.07, 6.45) is 4.13. The third kappa shape index (κ3) is 1.55. The molecule has 1 aliphatic carbocycles. The molecule has 3 nitrogen and oxygen atoms in total. The number of ether oxygens (including phenoxy) is 2. The van der Waals surface area contributed by atoms with Crippen molar-refractivity contribution in [2.45, 2.75) is 43.8 Å². The van der Waals surface area contributed by atoms with Gasteiger partial charge in [0.1, 0.15) is 0 Å². The maximum atomic E-state index is 5.85. The molecular formula is C16H19NO2. The van der Waals surface area contributed by atoms with Crippen LogP contribution in [0.4, 0.5) is 5.69 Å². The van der Waals surface area contributed by atoms with Gasteiger partial charge in [-0.25, -0.2) is 0 Å². The predicted molar refractivity (Wildman–Crippen MR) is 74.0 cm³/mol. The second kappa shape index (κ2) is 3.90. The molecule has 100 valence electrons. The monoisotopic (exact) mass is 257 g/mol. The Morgan fingerprint density at radius 3 is 2.42 bits per heavy atom. The first-order chi connectivity index (χ1) is 9.24. The molecule has 1 saturated carbocycles. The SMILES string of the molecule is CC1=Nc2ccccc2C12CCC1(CC2)OCCO1. The molecule has 0 bridgehead atoms. The number of para-hydroxylation sites is 1. The van der Waals surface area contributed by atoms with Crippen molar-refractivity contribution in [2.75, 3.05) is 13.2 Å². The highest BCUT2D eigenvalue weighted by Gasteiger charge is 2.50. The predicted octanol–water partition coefficient (Wildman–Crippen LogP) is 3.35. The van der Waals surface area contributed by atoms with Gasteiger partial charge in [0, 0.05) is 24.0 Å². The summed E-state index contributed by atoms with van der Waals surface area (Å²) in [6, 6.07) is 8.56. The van der Waals surface area contributed by atoms with Gasteiger partial charge >= 0.3 is 0 Å². The number of fused-ring (bicyclic) bond motifs is 2. The van der Waals surface area contributed by atoms with Crippen molar-refractivity contribution < 1.29 is 9.47 Å². The fourth-order valence-corrected chi connectivity index (χ4v) is 3.93. The molecule has 2 aliphatic heterocycles. The Hall–Kier alpha value is -1.19. The van der Waals surface area contributed by atoms with Gasteiger partial charge in [-0.3, -0.25) is 4.99 Å². The van der Waals surface area contributed by atoms with Crippen molar-refractivity contribution in [3.8, 4) is 0 Å². The van der Waals surface area contributed by atoms with Gasteiger partial charge in [-0.1, -0.05) is 18.2 Å². The summed E-state index contributed by atoms with van der Waals surface area (Å²) in [5.74, 6) is -0.289. The molecule has 19 heavy (non-hydrogen) atoms. The molecule has 2 fully saturated rings. The largest absolute Gasteiger partial charge is 0.348 e. The van der Waals surface area contributed by atoms with Crippen LogP contribution in [0.2, 0.25) is 0 Å². The van der Waals surface area contributed by atoms with Crippen LogP contribution >= 0.6 is 0 Å². The van der Waals surface area contributed by atoms with Crippen molar-refractivity contribution in [2.24, 2.45) is 4.99 Å². The molecule has 2 spiro atoms. The Kier molecular flexibility index (Phi) is 2.39. The van der Waals surface area contributed by atoms with Gasteiger partial charge in [-0.05, 0) is 31.4 Å². The van der Waals surface area contributed by atoms with Gasteiger partial charge in [-0.2, -0.15) is 0 Å². The van der Waals surface area contributed by atoms with E-state index in [2.05, 4.69) is 31.2 Å². The number of aliphatic imine (C=N–C) groups is 1. The second-order valence-corrected chi connectivity index (χ2v) is 5.90. The summed E-state index contributed by atoms with van der Waals surface area (Å²) >= 11 is 0. The molecule has 1 saturated heterocycles. The standard InChI is InChI=1S/C16H19NO2/c1-12-15(13-4-2-3-5-14(13)17-12)6-8-16(9-7-15)18-10-11-19-16/h2-5H,6-11H2,1H3. The Balaban J connectivity index is 1.68. The smallest absolute Gasteiger partial charge is 0.168 e. The zero-order valence-corrected chi connectivity index (χ0v) is 11.3. The highest BCUT2D eigenvalue weighted by molar-refractivity contribution is 6.00. The molecule has 3 heteroatoms. The van der Waals surface area contributed by atoms with Gasteiger partial charge in [0.25, 0.3) is 0 Å². The van der Waals surface area contributed by atoms with E-state index in [1.165, 1.54) is 11.3 Å². The van der Waals surface area contributed by atoms with E-state index in [9.17, 15) is 0 Å². The molecule has 0 radical (unpaired) electrons. The second-order valence-electron chi connectivity index (χ2n) is 5.90. The number of benzene rings is 1. The quantitative estimate of drug-likeness (QED) is 0.713. The molecule has 0 atom stereocenters. The van der Waals surface area contributed by atoms with E-state index in [-0.39, 0.29) is 11.2 Å². The molecular weight excluding hydrogens is 238 g/mol. The van der Waals surface area contributed by atoms with Gasteiger partial charge < -0.3 is 9.47 Å². The minimum absolute atomic E-state index is 0.136. The average molecular weight is 257 g/mol. The van der Waals surface area contributed by atoms with Crippen molar-refractivity contribution >= 4 is 11.4 Å². The lowest BCUT2D eigenvalue weighted by molar-refractivity contribution is -0.181. The van der Waals surface area contributed by atoms with E-state index in [4.69, 9.17) is 14.5 Å². The fraction of sp³-hybridized carbons (Fsp3) is 0.562. The van der Waals surface area contributed by atoms with E-state index in [0.717, 1.165) is 44.6 Å². The molecule has 1 aromatic rings. The maximum Gasteiger partial charge on any atom is 0.168 e. The maximum absolute atomic E-state index is 5.85. The minimum Gasteiger partial charge on any atom is -0.348 e. The molecule has 0 unspecified atom stereocenters. The van der Waals surface area contributed by atoms with Crippen LogP contribution in [-0.2, 0) is 14.9 Å². The molecule has 0 amide bonds. The van der Waals surface area contributed by atoms with Crippen LogP contribution in [0.25, 0.3) is 0 Å². The van der Waals surface area contributed by atoms with Crippen LogP contribution in [-0.4, -0.2) is 24.7 Å². The number of nitrogens with zero attached hydrogens (tertiary/aromatic N) is 1. The first-order valence-corrected chi connectivity index (χ1v) is 7.17. The van der Waals surface area contributed by atoms with Crippen LogP contribution in [0, 0.1) is 0 Å². The molecule has 3 aliphatic rings. The van der Waals surface area contributed by atoms with E-state index >= 15 is 0 Å². The van der Waals surface area contributed by atoms with E-state index in [1.807, 2.05) is 0 Å². The summed E-state index contributed by atoms with van der Waals surface area (Å²) in [6.45, 7) is 3.67. The first kappa shape index (κ1) is 11.6. The summed E-state index contributed by atoms with van der Waals surface area (Å²) in [5.41, 5.74) is 3.96. The van der Waals surface area contributed by atoms with E-state index < -0.39 is 0 Å². The first-order valence-electron chi connectivity index (χ1n) is 7.17. The number of rotatable bonds is 0. The lowest BCUT2D eigenvalue weighted by atomic mass is 9.66. The number of hydrogen-bond acceptors (Lipinski definition) is 3. The van der Waals surface area contributed by atoms with Crippen molar-refractivity contribution in [1.29, 1.82) is 0 Å². The molecule has 0 aromatic heterocycles. The topological polar surface area (TPSA) is 30.8 Å². The van der Waals surface area contributed by atoms with Gasteiger partial charge in [0.05, 0.1) is 18.9 Å². The van der Waals surface area contributed by atoms with Crippen LogP contribution in [0.3, 0.4) is 0 Å². The summed E-state index contributed by atoms with van der Waals surface area (Å²) < 4.78 is 11.7. The van der Waals surface area contributed by atoms with Crippen molar-refractivity contribution in [3.05, 3.63) is 29.8 Å². The van der Waals surface area contributed by atoms with Crippen molar-refractivity contribution in [1.82, 2.24) is 0 Å². The Morgan fingerprint density at radius 1 is 1.00 bits per heavy atom. The van der Waals surface area contributed by atoms with Crippen molar-refractivity contribution in [3.63, 3.8) is 0 Å². The summed E-state index contributed by atoms with van der Waals surface area (Å²) in [5, 5.41) is 0. The Morgan fingerprint density at radius 2 is 1.68 bits per heavy atom. The van der Waals surface area contributed by atoms with Crippen LogP contribution in [0.15, 0.2) is 29.3 Å². The molecule has 4 rings (SSSR count). The lowest BCUT2D eigenvalue weighted by Gasteiger charge is -2.42. The molecule has 0 N–H and O–H groups in total. The normalized spacial score (nSPS) is 26.7. The van der Waals surface area contributed by atoms with Crippen LogP contribution in [0.1, 0.15) is 38.2 Å². The summed E-state index contributed by atoms with van der Waals surface area (Å²) in [4.78, 5) is 4.78. The Labute approximate surface area is 113 Å². The van der Waals surface area contributed by atoms with Gasteiger partial charge in [0.2, 0.25) is 0 Å². The third-order valence-electron chi connectivity index (χ3n) is 5.08. The molecule has 1 aromatic carbocycles. The minimum atomic E-state index is -0.289. The van der Waals surface area contributed by atoms with E-state index in [1.54, 1.807) is 0 Å². The fourth-order valence-electron chi connectivity index (χ4n) is 3.93. The van der Waals surface area contributed by atoms with E-state index in [0.29, 0.717) is 0 Å². The highest BCUT2D eigenvalue weighted by Crippen LogP contribution is 2.52. The lowest BCUT2D eigenvalue weighted by Crippen LogP contribution is -2.44. The third-order valence-corrected chi connectivity index (χ3v) is 5.08. The average Bonchev–Trinajstić information content (AvgIpc) is 2.99.